The molecule has 0 radical (unpaired) electrons. The van der Waals surface area contributed by atoms with E-state index in [1.165, 1.54) is 0 Å². The Labute approximate surface area is 127 Å². The van der Waals surface area contributed by atoms with Crippen LogP contribution in [0, 0.1) is 0 Å². The predicted molar refractivity (Wildman–Crippen MR) is 84.1 cm³/mol. The average Bonchev–Trinajstić information content (AvgIpc) is 2.95. The summed E-state index contributed by atoms with van der Waals surface area (Å²) in [6.07, 6.45) is 2.15. The first-order chi connectivity index (χ1) is 9.90. The number of likely N-dealkylation sites (tertiary alicyclic amines) is 1. The van der Waals surface area contributed by atoms with E-state index in [0.29, 0.717) is 25.4 Å². The lowest BCUT2D eigenvalue weighted by atomic mass is 9.95. The Bertz CT molecular complexity index is 471. The number of rotatable bonds is 5. The molecule has 1 aromatic carbocycles. The van der Waals surface area contributed by atoms with Crippen LogP contribution in [0.3, 0.4) is 0 Å². The van der Waals surface area contributed by atoms with Crippen molar-refractivity contribution in [1.82, 2.24) is 9.80 Å². The molecule has 1 aromatic rings. The Kier molecular flexibility index (Phi) is 5.01. The molecule has 0 unspecified atom stereocenters. The van der Waals surface area contributed by atoms with Gasteiger partial charge in [-0.25, -0.2) is 0 Å². The quantitative estimate of drug-likeness (QED) is 0.894. The maximum Gasteiger partial charge on any atom is 0.254 e. The Hall–Kier alpha value is -1.39. The number of carbonyl (C=O) groups is 1. The van der Waals surface area contributed by atoms with E-state index >= 15 is 0 Å². The van der Waals surface area contributed by atoms with Gasteiger partial charge in [0.1, 0.15) is 5.60 Å². The van der Waals surface area contributed by atoms with E-state index in [4.69, 9.17) is 0 Å². The molecule has 4 heteroatoms. The largest absolute Gasteiger partial charge is 0.380 e. The third kappa shape index (κ3) is 4.05. The highest BCUT2D eigenvalue weighted by Crippen LogP contribution is 2.21. The molecule has 1 amide bonds. The molecule has 1 N–H and O–H groups in total. The minimum atomic E-state index is -1.28. The Morgan fingerprint density at radius 1 is 1.38 bits per heavy atom. The third-order valence-corrected chi connectivity index (χ3v) is 4.38. The number of aryl methyl sites for hydroxylation is 1. The lowest BCUT2D eigenvalue weighted by molar-refractivity contribution is -0.149. The second-order valence-corrected chi connectivity index (χ2v) is 6.42. The van der Waals surface area contributed by atoms with Gasteiger partial charge in [0.25, 0.3) is 5.91 Å². The fourth-order valence-electron chi connectivity index (χ4n) is 2.83. The number of nitrogens with zero attached hydrogens (tertiary/aromatic N) is 2. The summed E-state index contributed by atoms with van der Waals surface area (Å²) >= 11 is 0. The molecule has 0 aliphatic carbocycles. The molecule has 4 nitrogen and oxygen atoms in total. The number of likely N-dealkylation sites (N-methyl/N-ethyl adjacent to an activating group) is 1. The number of amides is 1. The maximum atomic E-state index is 12.5. The van der Waals surface area contributed by atoms with Gasteiger partial charge >= 0.3 is 0 Å². The van der Waals surface area contributed by atoms with Gasteiger partial charge in [0.05, 0.1) is 0 Å². The zero-order chi connectivity index (χ0) is 15.5. The van der Waals surface area contributed by atoms with E-state index < -0.39 is 5.60 Å². The van der Waals surface area contributed by atoms with Gasteiger partial charge in [0, 0.05) is 19.1 Å². The lowest BCUT2D eigenvalue weighted by Crippen LogP contribution is -2.47. The monoisotopic (exact) mass is 290 g/mol. The molecule has 2 atom stereocenters. The van der Waals surface area contributed by atoms with Crippen molar-refractivity contribution in [2.75, 3.05) is 27.2 Å². The highest BCUT2D eigenvalue weighted by atomic mass is 16.3. The molecular formula is C17H26N2O2. The first-order valence-electron chi connectivity index (χ1n) is 7.62. The van der Waals surface area contributed by atoms with Crippen LogP contribution in [-0.2, 0) is 11.2 Å². The van der Waals surface area contributed by atoms with Crippen LogP contribution in [-0.4, -0.2) is 59.6 Å². The Balaban J connectivity index is 1.91. The van der Waals surface area contributed by atoms with Crippen molar-refractivity contribution in [2.45, 2.75) is 37.8 Å². The smallest absolute Gasteiger partial charge is 0.254 e. The van der Waals surface area contributed by atoms with Crippen LogP contribution in [0.5, 0.6) is 0 Å². The van der Waals surface area contributed by atoms with Gasteiger partial charge in [-0.1, -0.05) is 30.3 Å². The normalized spacial score (nSPS) is 21.6. The molecule has 1 heterocycles. The van der Waals surface area contributed by atoms with Gasteiger partial charge < -0.3 is 14.9 Å². The fraction of sp³-hybridized carbons (Fsp3) is 0.588. The van der Waals surface area contributed by atoms with Gasteiger partial charge in [-0.15, -0.1) is 0 Å². The standard InChI is InChI=1S/C17H26N2O2/c1-17(21,11-9-14-7-5-4-6-8-14)16(20)19-12-10-15(13-19)18(2)3/h4-8,15,21H,9-13H2,1-3H3/t15-,17-/m0/s1. The minimum absolute atomic E-state index is 0.136. The zero-order valence-corrected chi connectivity index (χ0v) is 13.2. The van der Waals surface area contributed by atoms with Crippen molar-refractivity contribution in [3.05, 3.63) is 35.9 Å². The molecule has 1 aliphatic heterocycles. The lowest BCUT2D eigenvalue weighted by Gasteiger charge is -2.28. The molecule has 0 saturated carbocycles. The fourth-order valence-corrected chi connectivity index (χ4v) is 2.83. The van der Waals surface area contributed by atoms with Crippen LogP contribution in [0.1, 0.15) is 25.3 Å². The van der Waals surface area contributed by atoms with Crippen molar-refractivity contribution in [3.63, 3.8) is 0 Å². The molecule has 1 saturated heterocycles. The van der Waals surface area contributed by atoms with Gasteiger partial charge in [-0.2, -0.15) is 0 Å². The van der Waals surface area contributed by atoms with Gasteiger partial charge in [0.2, 0.25) is 0 Å². The van der Waals surface area contributed by atoms with E-state index in [1.54, 1.807) is 11.8 Å². The maximum absolute atomic E-state index is 12.5. The second-order valence-electron chi connectivity index (χ2n) is 6.42. The first kappa shape index (κ1) is 16.0. The highest BCUT2D eigenvalue weighted by molar-refractivity contribution is 5.84. The van der Waals surface area contributed by atoms with E-state index in [1.807, 2.05) is 44.4 Å². The molecule has 21 heavy (non-hydrogen) atoms. The summed E-state index contributed by atoms with van der Waals surface area (Å²) in [5.41, 5.74) is -0.130. The predicted octanol–water partition coefficient (Wildman–Crippen LogP) is 1.53. The highest BCUT2D eigenvalue weighted by Gasteiger charge is 2.37. The zero-order valence-electron chi connectivity index (χ0n) is 13.2. The van der Waals surface area contributed by atoms with E-state index in [9.17, 15) is 9.90 Å². The summed E-state index contributed by atoms with van der Waals surface area (Å²) in [6, 6.07) is 10.4. The third-order valence-electron chi connectivity index (χ3n) is 4.38. The van der Waals surface area contributed by atoms with Crippen LogP contribution < -0.4 is 0 Å². The number of benzene rings is 1. The van der Waals surface area contributed by atoms with E-state index in [2.05, 4.69) is 4.90 Å². The SMILES string of the molecule is CN(C)[C@H]1CCN(C(=O)[C@@](C)(O)CCc2ccccc2)C1. The summed E-state index contributed by atoms with van der Waals surface area (Å²) in [4.78, 5) is 16.5. The van der Waals surface area contributed by atoms with E-state index in [-0.39, 0.29) is 5.91 Å². The average molecular weight is 290 g/mol. The number of aliphatic hydroxyl groups is 1. The molecule has 0 aromatic heterocycles. The van der Waals surface area contributed by atoms with Crippen molar-refractivity contribution in [3.8, 4) is 0 Å². The second kappa shape index (κ2) is 6.58. The summed E-state index contributed by atoms with van der Waals surface area (Å²) in [6.45, 7) is 3.09. The summed E-state index contributed by atoms with van der Waals surface area (Å²) in [5.74, 6) is -0.136. The van der Waals surface area contributed by atoms with Crippen molar-refractivity contribution < 1.29 is 9.90 Å². The molecule has 1 aliphatic rings. The molecule has 116 valence electrons. The number of hydrogen-bond donors (Lipinski definition) is 1. The van der Waals surface area contributed by atoms with Crippen molar-refractivity contribution in [1.29, 1.82) is 0 Å². The summed E-state index contributed by atoms with van der Waals surface area (Å²) < 4.78 is 0. The van der Waals surface area contributed by atoms with Crippen LogP contribution in [0.2, 0.25) is 0 Å². The van der Waals surface area contributed by atoms with Crippen LogP contribution in [0.15, 0.2) is 30.3 Å². The van der Waals surface area contributed by atoms with Crippen molar-refractivity contribution >= 4 is 5.91 Å². The molecule has 2 rings (SSSR count). The Morgan fingerprint density at radius 3 is 2.62 bits per heavy atom. The number of hydrogen-bond acceptors (Lipinski definition) is 3. The van der Waals surface area contributed by atoms with Crippen LogP contribution in [0.25, 0.3) is 0 Å². The first-order valence-corrected chi connectivity index (χ1v) is 7.62. The number of carbonyl (C=O) groups excluding carboxylic acids is 1. The Morgan fingerprint density at radius 2 is 2.05 bits per heavy atom. The molecule has 0 bridgehead atoms. The van der Waals surface area contributed by atoms with Crippen molar-refractivity contribution in [2.24, 2.45) is 0 Å². The minimum Gasteiger partial charge on any atom is -0.380 e. The molecular weight excluding hydrogens is 264 g/mol. The summed E-state index contributed by atoms with van der Waals surface area (Å²) in [5, 5.41) is 10.5. The van der Waals surface area contributed by atoms with Gasteiger partial charge in [0.15, 0.2) is 0 Å². The van der Waals surface area contributed by atoms with Gasteiger partial charge in [-0.05, 0) is 45.8 Å². The van der Waals surface area contributed by atoms with E-state index in [0.717, 1.165) is 18.5 Å². The van der Waals surface area contributed by atoms with Crippen LogP contribution in [0.4, 0.5) is 0 Å². The molecule has 0 spiro atoms. The molecule has 1 fully saturated rings. The summed E-state index contributed by atoms with van der Waals surface area (Å²) in [7, 11) is 4.07. The topological polar surface area (TPSA) is 43.8 Å². The van der Waals surface area contributed by atoms with Gasteiger partial charge in [-0.3, -0.25) is 4.79 Å². The van der Waals surface area contributed by atoms with Crippen LogP contribution >= 0.6 is 0 Å².